The molecule has 1 amide bonds. The number of rotatable bonds is 6. The van der Waals surface area contributed by atoms with Crippen LogP contribution in [0.2, 0.25) is 0 Å². The third kappa shape index (κ3) is 4.31. The van der Waals surface area contributed by atoms with Gasteiger partial charge >= 0.3 is 0 Å². The Kier molecular flexibility index (Phi) is 5.36. The van der Waals surface area contributed by atoms with Crippen molar-refractivity contribution < 1.29 is 13.9 Å². The monoisotopic (exact) mass is 319 g/mol. The maximum atomic E-state index is 13.7. The summed E-state index contributed by atoms with van der Waals surface area (Å²) in [4.78, 5) is 12.1. The van der Waals surface area contributed by atoms with Crippen LogP contribution in [-0.4, -0.2) is 22.8 Å². The van der Waals surface area contributed by atoms with Crippen molar-refractivity contribution in [2.75, 3.05) is 7.11 Å². The van der Waals surface area contributed by atoms with Crippen molar-refractivity contribution in [1.82, 2.24) is 15.1 Å². The molecule has 124 valence electrons. The Morgan fingerprint density at radius 3 is 2.70 bits per heavy atom. The fraction of sp³-hybridized carbons (Fsp3) is 0.412. The van der Waals surface area contributed by atoms with Gasteiger partial charge in [0.2, 0.25) is 5.91 Å². The normalized spacial score (nSPS) is 12.0. The fourth-order valence-corrected chi connectivity index (χ4v) is 2.46. The highest BCUT2D eigenvalue weighted by Crippen LogP contribution is 2.21. The van der Waals surface area contributed by atoms with Crippen molar-refractivity contribution >= 4 is 5.91 Å². The fourth-order valence-electron chi connectivity index (χ4n) is 2.46. The molecule has 1 N–H and O–H groups in total. The van der Waals surface area contributed by atoms with Gasteiger partial charge < -0.3 is 10.1 Å². The average molecular weight is 319 g/mol. The molecule has 6 heteroatoms. The van der Waals surface area contributed by atoms with Gasteiger partial charge in [-0.05, 0) is 44.5 Å². The molecule has 1 aromatic carbocycles. The molecule has 0 fully saturated rings. The number of aryl methyl sites for hydroxylation is 3. The van der Waals surface area contributed by atoms with Gasteiger partial charge in [0.25, 0.3) is 0 Å². The zero-order valence-electron chi connectivity index (χ0n) is 13.9. The van der Waals surface area contributed by atoms with E-state index in [1.807, 2.05) is 31.5 Å². The molecule has 0 bridgehead atoms. The summed E-state index contributed by atoms with van der Waals surface area (Å²) < 4.78 is 20.4. The highest BCUT2D eigenvalue weighted by Gasteiger charge is 2.13. The predicted octanol–water partition coefficient (Wildman–Crippen LogP) is 2.92. The molecule has 0 aliphatic carbocycles. The summed E-state index contributed by atoms with van der Waals surface area (Å²) in [7, 11) is 1.42. The second-order valence-corrected chi connectivity index (χ2v) is 5.58. The Labute approximate surface area is 135 Å². The number of carbonyl (C=O) groups excluding carboxylic acids is 1. The van der Waals surface area contributed by atoms with Crippen LogP contribution in [0.5, 0.6) is 5.75 Å². The second kappa shape index (κ2) is 7.26. The largest absolute Gasteiger partial charge is 0.494 e. The van der Waals surface area contributed by atoms with E-state index in [2.05, 4.69) is 10.4 Å². The zero-order valence-corrected chi connectivity index (χ0v) is 13.9. The quantitative estimate of drug-likeness (QED) is 0.890. The molecule has 0 aliphatic heterocycles. The van der Waals surface area contributed by atoms with Gasteiger partial charge in [-0.15, -0.1) is 0 Å². The van der Waals surface area contributed by atoms with Crippen molar-refractivity contribution in [2.45, 2.75) is 39.8 Å². The maximum absolute atomic E-state index is 13.7. The molecule has 0 saturated heterocycles. The molecule has 5 nitrogen and oxygen atoms in total. The maximum Gasteiger partial charge on any atom is 0.222 e. The number of hydrogen-bond acceptors (Lipinski definition) is 3. The van der Waals surface area contributed by atoms with E-state index in [0.29, 0.717) is 18.5 Å². The van der Waals surface area contributed by atoms with Gasteiger partial charge in [0.05, 0.1) is 18.8 Å². The molecule has 2 rings (SSSR count). The van der Waals surface area contributed by atoms with Crippen LogP contribution in [0.4, 0.5) is 4.39 Å². The number of carbonyl (C=O) groups is 1. The zero-order chi connectivity index (χ0) is 17.0. The van der Waals surface area contributed by atoms with Crippen LogP contribution in [0.3, 0.4) is 0 Å². The molecule has 1 aromatic heterocycles. The van der Waals surface area contributed by atoms with E-state index in [0.717, 1.165) is 11.4 Å². The lowest BCUT2D eigenvalue weighted by atomic mass is 10.1. The van der Waals surface area contributed by atoms with Crippen molar-refractivity contribution in [3.63, 3.8) is 0 Å². The number of halogens is 1. The van der Waals surface area contributed by atoms with Crippen molar-refractivity contribution in [3.05, 3.63) is 47.0 Å². The van der Waals surface area contributed by atoms with Gasteiger partial charge in [0, 0.05) is 18.7 Å². The van der Waals surface area contributed by atoms with Gasteiger partial charge in [-0.25, -0.2) is 4.39 Å². The minimum atomic E-state index is -0.436. The molecule has 1 heterocycles. The highest BCUT2D eigenvalue weighted by atomic mass is 19.1. The first-order valence-corrected chi connectivity index (χ1v) is 7.54. The van der Waals surface area contributed by atoms with Gasteiger partial charge in [0.1, 0.15) is 0 Å². The van der Waals surface area contributed by atoms with E-state index in [9.17, 15) is 9.18 Å². The summed E-state index contributed by atoms with van der Waals surface area (Å²) in [6.45, 7) is 6.22. The molecule has 0 saturated carbocycles. The third-order valence-corrected chi connectivity index (χ3v) is 3.71. The van der Waals surface area contributed by atoms with Crippen LogP contribution in [0, 0.1) is 19.7 Å². The standard InChI is InChI=1S/C17H22FN3O2/c1-11-9-12(2)21(20-11)8-7-17(22)19-13(3)14-5-6-16(23-4)15(18)10-14/h5-6,9-10,13H,7-8H2,1-4H3,(H,19,22)/t13-/m1/s1. The Hall–Kier alpha value is -2.37. The van der Waals surface area contributed by atoms with E-state index in [1.165, 1.54) is 13.2 Å². The van der Waals surface area contributed by atoms with Crippen LogP contribution in [0.1, 0.15) is 36.3 Å². The number of nitrogens with zero attached hydrogens (tertiary/aromatic N) is 2. The van der Waals surface area contributed by atoms with Gasteiger partial charge in [-0.1, -0.05) is 6.07 Å². The molecular formula is C17H22FN3O2. The van der Waals surface area contributed by atoms with Crippen LogP contribution in [-0.2, 0) is 11.3 Å². The first-order valence-electron chi connectivity index (χ1n) is 7.54. The van der Waals surface area contributed by atoms with Crippen LogP contribution in [0.15, 0.2) is 24.3 Å². The van der Waals surface area contributed by atoms with Crippen LogP contribution >= 0.6 is 0 Å². The number of amides is 1. The first-order chi connectivity index (χ1) is 10.9. The number of methoxy groups -OCH3 is 1. The summed E-state index contributed by atoms with van der Waals surface area (Å²) in [6, 6.07) is 6.38. The summed E-state index contributed by atoms with van der Waals surface area (Å²) >= 11 is 0. The van der Waals surface area contributed by atoms with Gasteiger partial charge in [-0.2, -0.15) is 5.10 Å². The summed E-state index contributed by atoms with van der Waals surface area (Å²) in [6.07, 6.45) is 0.324. The van der Waals surface area contributed by atoms with E-state index >= 15 is 0 Å². The number of benzene rings is 1. The lowest BCUT2D eigenvalue weighted by Crippen LogP contribution is -2.27. The highest BCUT2D eigenvalue weighted by molar-refractivity contribution is 5.76. The van der Waals surface area contributed by atoms with E-state index in [1.54, 1.807) is 12.1 Å². The molecule has 0 radical (unpaired) electrons. The number of nitrogens with one attached hydrogen (secondary N) is 1. The molecule has 1 atom stereocenters. The third-order valence-electron chi connectivity index (χ3n) is 3.71. The average Bonchev–Trinajstić information content (AvgIpc) is 2.82. The SMILES string of the molecule is COc1ccc([C@@H](C)NC(=O)CCn2nc(C)cc2C)cc1F. The number of hydrogen-bond donors (Lipinski definition) is 1. The van der Waals surface area contributed by atoms with E-state index in [-0.39, 0.29) is 17.7 Å². The lowest BCUT2D eigenvalue weighted by molar-refractivity contribution is -0.122. The number of ether oxygens (including phenoxy) is 1. The van der Waals surface area contributed by atoms with Gasteiger partial charge in [-0.3, -0.25) is 9.48 Å². The minimum Gasteiger partial charge on any atom is -0.494 e. The molecule has 23 heavy (non-hydrogen) atoms. The van der Waals surface area contributed by atoms with Crippen molar-refractivity contribution in [2.24, 2.45) is 0 Å². The van der Waals surface area contributed by atoms with Crippen molar-refractivity contribution in [1.29, 1.82) is 0 Å². The smallest absolute Gasteiger partial charge is 0.222 e. The van der Waals surface area contributed by atoms with Crippen LogP contribution < -0.4 is 10.1 Å². The molecule has 2 aromatic rings. The number of aromatic nitrogens is 2. The summed E-state index contributed by atoms with van der Waals surface area (Å²) in [5.41, 5.74) is 2.66. The Morgan fingerprint density at radius 1 is 1.39 bits per heavy atom. The van der Waals surface area contributed by atoms with Crippen molar-refractivity contribution in [3.8, 4) is 5.75 Å². The summed E-state index contributed by atoms with van der Waals surface area (Å²) in [5, 5.41) is 7.19. The van der Waals surface area contributed by atoms with Crippen LogP contribution in [0.25, 0.3) is 0 Å². The minimum absolute atomic E-state index is 0.0960. The Bertz CT molecular complexity index is 697. The first kappa shape index (κ1) is 17.0. The molecule has 0 spiro atoms. The topological polar surface area (TPSA) is 56.1 Å². The second-order valence-electron chi connectivity index (χ2n) is 5.58. The van der Waals surface area contributed by atoms with Gasteiger partial charge in [0.15, 0.2) is 11.6 Å². The Morgan fingerprint density at radius 2 is 2.13 bits per heavy atom. The molecular weight excluding hydrogens is 297 g/mol. The van der Waals surface area contributed by atoms with E-state index < -0.39 is 5.82 Å². The van der Waals surface area contributed by atoms with E-state index in [4.69, 9.17) is 4.74 Å². The predicted molar refractivity (Wildman–Crippen MR) is 85.8 cm³/mol. The Balaban J connectivity index is 1.91. The molecule has 0 aliphatic rings. The summed E-state index contributed by atoms with van der Waals surface area (Å²) in [5.74, 6) is -0.341. The molecule has 0 unspecified atom stereocenters. The lowest BCUT2D eigenvalue weighted by Gasteiger charge is -2.15.